The van der Waals surface area contributed by atoms with Crippen LogP contribution in [0.1, 0.15) is 50.6 Å². The highest BCUT2D eigenvalue weighted by Crippen LogP contribution is 2.31. The van der Waals surface area contributed by atoms with Gasteiger partial charge in [-0.1, -0.05) is 54.6 Å². The van der Waals surface area contributed by atoms with E-state index < -0.39 is 5.54 Å². The van der Waals surface area contributed by atoms with Crippen LogP contribution in [0.3, 0.4) is 0 Å². The average Bonchev–Trinajstić information content (AvgIpc) is 2.42. The molecule has 21 heavy (non-hydrogen) atoms. The van der Waals surface area contributed by atoms with E-state index in [1.165, 1.54) is 0 Å². The number of nitrogens with two attached hydrogens (primary N) is 1. The molecule has 3 N–H and O–H groups in total. The van der Waals surface area contributed by atoms with E-state index in [2.05, 4.69) is 5.32 Å². The second-order valence-electron chi connectivity index (χ2n) is 5.55. The third-order valence-corrected chi connectivity index (χ3v) is 4.83. The van der Waals surface area contributed by atoms with Gasteiger partial charge in [-0.2, -0.15) is 0 Å². The van der Waals surface area contributed by atoms with E-state index in [1.54, 1.807) is 6.07 Å². The van der Waals surface area contributed by atoms with E-state index in [1.807, 2.05) is 19.1 Å². The van der Waals surface area contributed by atoms with Crippen molar-refractivity contribution in [1.29, 1.82) is 0 Å². The number of rotatable bonds is 3. The van der Waals surface area contributed by atoms with Crippen LogP contribution in [-0.4, -0.2) is 11.4 Å². The molecule has 118 valence electrons. The molecule has 1 unspecified atom stereocenters. The summed E-state index contributed by atoms with van der Waals surface area (Å²) in [5.74, 6) is -0.0965. The van der Waals surface area contributed by atoms with Crippen molar-refractivity contribution in [3.8, 4) is 0 Å². The largest absolute Gasteiger partial charge is 0.348 e. The zero-order chi connectivity index (χ0) is 14.8. The lowest BCUT2D eigenvalue weighted by Gasteiger charge is -2.33. The number of carbonyl (C=O) groups excluding carboxylic acids is 1. The molecule has 0 saturated heterocycles. The molecule has 1 saturated carbocycles. The van der Waals surface area contributed by atoms with Crippen molar-refractivity contribution >= 4 is 41.5 Å². The van der Waals surface area contributed by atoms with Gasteiger partial charge in [-0.05, 0) is 31.4 Å². The summed E-state index contributed by atoms with van der Waals surface area (Å²) in [7, 11) is 0. The third kappa shape index (κ3) is 4.26. The molecule has 6 heteroatoms. The van der Waals surface area contributed by atoms with Crippen LogP contribution in [0.25, 0.3) is 0 Å². The van der Waals surface area contributed by atoms with Crippen molar-refractivity contribution in [3.05, 3.63) is 33.8 Å². The van der Waals surface area contributed by atoms with Crippen molar-refractivity contribution < 1.29 is 4.79 Å². The summed E-state index contributed by atoms with van der Waals surface area (Å²) in [6.45, 7) is 1.89. The van der Waals surface area contributed by atoms with Gasteiger partial charge in [0.1, 0.15) is 0 Å². The highest BCUT2D eigenvalue weighted by molar-refractivity contribution is 6.42. The van der Waals surface area contributed by atoms with Crippen LogP contribution in [-0.2, 0) is 4.79 Å². The minimum absolute atomic E-state index is 0. The molecule has 0 aromatic heterocycles. The van der Waals surface area contributed by atoms with Gasteiger partial charge in [-0.3, -0.25) is 4.79 Å². The molecule has 1 aromatic rings. The summed E-state index contributed by atoms with van der Waals surface area (Å²) in [5.41, 5.74) is 6.30. The van der Waals surface area contributed by atoms with Crippen LogP contribution in [0.15, 0.2) is 18.2 Å². The van der Waals surface area contributed by atoms with E-state index in [9.17, 15) is 4.79 Å². The summed E-state index contributed by atoms with van der Waals surface area (Å²) in [6, 6.07) is 5.21. The first-order valence-electron chi connectivity index (χ1n) is 6.98. The van der Waals surface area contributed by atoms with Crippen LogP contribution in [0.4, 0.5) is 0 Å². The maximum Gasteiger partial charge on any atom is 0.240 e. The van der Waals surface area contributed by atoms with Gasteiger partial charge in [-0.15, -0.1) is 12.4 Å². The molecule has 0 heterocycles. The Bertz CT molecular complexity index is 502. The van der Waals surface area contributed by atoms with Crippen molar-refractivity contribution in [2.45, 2.75) is 50.6 Å². The standard InChI is InChI=1S/C15H20Cl2N2O.ClH/c1-10(11-6-5-7-12(16)13(11)17)19-14(20)15(18)8-3-2-4-9-15;/h5-7,10H,2-4,8-9,18H2,1H3,(H,19,20);1H. The Hall–Kier alpha value is -0.480. The average molecular weight is 352 g/mol. The monoisotopic (exact) mass is 350 g/mol. The molecule has 1 atom stereocenters. The Morgan fingerprint density at radius 3 is 2.52 bits per heavy atom. The second-order valence-corrected chi connectivity index (χ2v) is 6.34. The summed E-state index contributed by atoms with van der Waals surface area (Å²) in [6.07, 6.45) is 4.66. The molecule has 1 fully saturated rings. The lowest BCUT2D eigenvalue weighted by atomic mass is 9.81. The number of halogens is 3. The minimum Gasteiger partial charge on any atom is -0.348 e. The van der Waals surface area contributed by atoms with E-state index in [-0.39, 0.29) is 24.4 Å². The topological polar surface area (TPSA) is 55.1 Å². The molecule has 1 aliphatic rings. The number of carbonyl (C=O) groups is 1. The third-order valence-electron chi connectivity index (χ3n) is 3.99. The zero-order valence-electron chi connectivity index (χ0n) is 12.0. The lowest BCUT2D eigenvalue weighted by Crippen LogP contribution is -2.55. The summed E-state index contributed by atoms with van der Waals surface area (Å²) in [5, 5.41) is 3.94. The SMILES string of the molecule is CC(NC(=O)C1(N)CCCCC1)c1cccc(Cl)c1Cl.Cl. The molecule has 0 aliphatic heterocycles. The summed E-state index contributed by atoms with van der Waals surface area (Å²) < 4.78 is 0. The van der Waals surface area contributed by atoms with Gasteiger partial charge in [0, 0.05) is 0 Å². The zero-order valence-corrected chi connectivity index (χ0v) is 14.3. The van der Waals surface area contributed by atoms with Crippen LogP contribution in [0, 0.1) is 0 Å². The van der Waals surface area contributed by atoms with Crippen molar-refractivity contribution in [3.63, 3.8) is 0 Å². The molecule has 1 amide bonds. The van der Waals surface area contributed by atoms with Gasteiger partial charge < -0.3 is 11.1 Å². The van der Waals surface area contributed by atoms with Crippen LogP contribution < -0.4 is 11.1 Å². The fourth-order valence-corrected chi connectivity index (χ4v) is 3.15. The Kier molecular flexibility index (Phi) is 6.79. The number of hydrogen-bond donors (Lipinski definition) is 2. The molecular formula is C15H21Cl3N2O. The molecule has 3 nitrogen and oxygen atoms in total. The summed E-state index contributed by atoms with van der Waals surface area (Å²) in [4.78, 5) is 12.4. The fraction of sp³-hybridized carbons (Fsp3) is 0.533. The maximum absolute atomic E-state index is 12.4. The first kappa shape index (κ1) is 18.6. The Balaban J connectivity index is 0.00000220. The molecule has 0 spiro atoms. The number of benzene rings is 1. The van der Waals surface area contributed by atoms with Crippen LogP contribution >= 0.6 is 35.6 Å². The molecule has 1 aromatic carbocycles. The molecular weight excluding hydrogens is 331 g/mol. The first-order chi connectivity index (χ1) is 9.44. The van der Waals surface area contributed by atoms with Gasteiger partial charge in [0.25, 0.3) is 0 Å². The van der Waals surface area contributed by atoms with Crippen molar-refractivity contribution in [1.82, 2.24) is 5.32 Å². The Morgan fingerprint density at radius 2 is 1.90 bits per heavy atom. The molecule has 2 rings (SSSR count). The van der Waals surface area contributed by atoms with Gasteiger partial charge in [-0.25, -0.2) is 0 Å². The fourth-order valence-electron chi connectivity index (χ4n) is 2.68. The first-order valence-corrected chi connectivity index (χ1v) is 7.73. The van der Waals surface area contributed by atoms with Crippen molar-refractivity contribution in [2.75, 3.05) is 0 Å². The number of hydrogen-bond acceptors (Lipinski definition) is 2. The normalized spacial score (nSPS) is 18.5. The van der Waals surface area contributed by atoms with Crippen molar-refractivity contribution in [2.24, 2.45) is 5.73 Å². The molecule has 0 radical (unpaired) electrons. The molecule has 0 bridgehead atoms. The highest BCUT2D eigenvalue weighted by atomic mass is 35.5. The molecule has 1 aliphatic carbocycles. The van der Waals surface area contributed by atoms with Crippen LogP contribution in [0.2, 0.25) is 10.0 Å². The predicted molar refractivity (Wildman–Crippen MR) is 90.3 cm³/mol. The maximum atomic E-state index is 12.4. The Morgan fingerprint density at radius 1 is 1.29 bits per heavy atom. The number of amides is 1. The van der Waals surface area contributed by atoms with E-state index in [0.29, 0.717) is 10.0 Å². The second kappa shape index (κ2) is 7.68. The highest BCUT2D eigenvalue weighted by Gasteiger charge is 2.36. The van der Waals surface area contributed by atoms with Gasteiger partial charge >= 0.3 is 0 Å². The Labute approximate surface area is 142 Å². The van der Waals surface area contributed by atoms with Gasteiger partial charge in [0.15, 0.2) is 0 Å². The predicted octanol–water partition coefficient (Wildman–Crippen LogP) is 4.25. The van der Waals surface area contributed by atoms with Crippen LogP contribution in [0.5, 0.6) is 0 Å². The van der Waals surface area contributed by atoms with E-state index >= 15 is 0 Å². The number of nitrogens with one attached hydrogen (secondary N) is 1. The van der Waals surface area contributed by atoms with E-state index in [0.717, 1.165) is 37.7 Å². The smallest absolute Gasteiger partial charge is 0.240 e. The van der Waals surface area contributed by atoms with Gasteiger partial charge in [0.2, 0.25) is 5.91 Å². The van der Waals surface area contributed by atoms with E-state index in [4.69, 9.17) is 28.9 Å². The minimum atomic E-state index is -0.739. The van der Waals surface area contributed by atoms with Gasteiger partial charge in [0.05, 0.1) is 21.6 Å². The summed E-state index contributed by atoms with van der Waals surface area (Å²) >= 11 is 12.2. The quantitative estimate of drug-likeness (QED) is 0.855. The lowest BCUT2D eigenvalue weighted by molar-refractivity contribution is -0.128.